The number of benzene rings is 2. The van der Waals surface area contributed by atoms with Crippen LogP contribution < -0.4 is 0 Å². The Bertz CT molecular complexity index is 1030. The molecular weight excluding hydrogens is 454 g/mol. The van der Waals surface area contributed by atoms with Crippen molar-refractivity contribution in [2.45, 2.75) is 83.8 Å². The molecule has 3 heteroatoms. The third-order valence-electron chi connectivity index (χ3n) is 8.01. The van der Waals surface area contributed by atoms with Crippen LogP contribution in [0.4, 0.5) is 0 Å². The van der Waals surface area contributed by atoms with Crippen molar-refractivity contribution >= 4 is 5.78 Å². The Balaban J connectivity index is 1.22. The summed E-state index contributed by atoms with van der Waals surface area (Å²) in [6, 6.07) is 19.0. The molecule has 0 amide bonds. The predicted octanol–water partition coefficient (Wildman–Crippen LogP) is 8.30. The SMILES string of the molecule is CCCC(C)c1ccc(C(=O)CCCN2CCC(OC(C3=CCC(C)C=C3)c3ccccc3)CC2)cc1. The lowest BCUT2D eigenvalue weighted by atomic mass is 9.92. The topological polar surface area (TPSA) is 29.5 Å². The van der Waals surface area contributed by atoms with E-state index in [2.05, 4.69) is 86.4 Å². The molecule has 0 radical (unpaired) electrons. The summed E-state index contributed by atoms with van der Waals surface area (Å²) in [6.07, 6.45) is 14.3. The van der Waals surface area contributed by atoms with Crippen molar-refractivity contribution in [3.05, 3.63) is 95.1 Å². The Labute approximate surface area is 224 Å². The van der Waals surface area contributed by atoms with E-state index < -0.39 is 0 Å². The molecule has 3 unspecified atom stereocenters. The molecule has 1 fully saturated rings. The second-order valence-corrected chi connectivity index (χ2v) is 11.1. The number of piperidine rings is 1. The minimum absolute atomic E-state index is 0.00969. The van der Waals surface area contributed by atoms with E-state index in [0.29, 0.717) is 18.3 Å². The molecule has 2 aliphatic rings. The Morgan fingerprint density at radius 3 is 2.41 bits per heavy atom. The van der Waals surface area contributed by atoms with E-state index in [9.17, 15) is 4.79 Å². The number of ether oxygens (including phenoxy) is 1. The van der Waals surface area contributed by atoms with Crippen molar-refractivity contribution < 1.29 is 9.53 Å². The molecule has 0 bridgehead atoms. The second kappa shape index (κ2) is 13.9. The van der Waals surface area contributed by atoms with Gasteiger partial charge in [0.25, 0.3) is 0 Å². The molecule has 1 aliphatic heterocycles. The molecule has 2 aromatic carbocycles. The van der Waals surface area contributed by atoms with Crippen LogP contribution >= 0.6 is 0 Å². The molecule has 3 atom stereocenters. The standard InChI is InChI=1S/C34H45NO2/c1-4-9-27(3)28-17-19-29(20-18-28)33(36)12-8-23-35-24-21-32(22-25-35)37-34(30-10-6-5-7-11-30)31-15-13-26(2)14-16-31/h5-7,10-11,13,15-20,26-27,32,34H,4,8-9,12,14,21-25H2,1-3H3. The number of carbonyl (C=O) groups is 1. The van der Waals surface area contributed by atoms with Gasteiger partial charge in [0, 0.05) is 25.1 Å². The third kappa shape index (κ3) is 7.99. The lowest BCUT2D eigenvalue weighted by Gasteiger charge is -2.34. The monoisotopic (exact) mass is 499 g/mol. The fourth-order valence-electron chi connectivity index (χ4n) is 5.58. The summed E-state index contributed by atoms with van der Waals surface area (Å²) in [6.45, 7) is 9.81. The highest BCUT2D eigenvalue weighted by atomic mass is 16.5. The molecule has 37 heavy (non-hydrogen) atoms. The number of allylic oxidation sites excluding steroid dienone is 2. The first-order chi connectivity index (χ1) is 18.0. The minimum Gasteiger partial charge on any atom is -0.365 e. The van der Waals surface area contributed by atoms with Crippen LogP contribution in [0.15, 0.2) is 78.4 Å². The third-order valence-corrected chi connectivity index (χ3v) is 8.01. The number of carbonyl (C=O) groups excluding carboxylic acids is 1. The van der Waals surface area contributed by atoms with E-state index in [1.807, 2.05) is 12.1 Å². The first-order valence-electron chi connectivity index (χ1n) is 14.5. The highest BCUT2D eigenvalue weighted by molar-refractivity contribution is 5.96. The van der Waals surface area contributed by atoms with Gasteiger partial charge in [0.1, 0.15) is 6.10 Å². The summed E-state index contributed by atoms with van der Waals surface area (Å²) in [7, 11) is 0. The molecule has 2 aromatic rings. The maximum absolute atomic E-state index is 12.7. The number of Topliss-reactive ketones (excluding diaryl/α,β-unsaturated/α-hetero) is 1. The number of hydrogen-bond donors (Lipinski definition) is 0. The molecule has 0 saturated carbocycles. The van der Waals surface area contributed by atoms with Gasteiger partial charge in [-0.1, -0.05) is 100 Å². The number of hydrogen-bond acceptors (Lipinski definition) is 3. The number of likely N-dealkylation sites (tertiary alicyclic amines) is 1. The first kappa shape index (κ1) is 27.5. The van der Waals surface area contributed by atoms with Crippen LogP contribution in [0.5, 0.6) is 0 Å². The zero-order valence-electron chi connectivity index (χ0n) is 23.1. The summed E-state index contributed by atoms with van der Waals surface area (Å²) in [5.41, 5.74) is 4.72. The zero-order valence-corrected chi connectivity index (χ0v) is 23.1. The fourth-order valence-corrected chi connectivity index (χ4v) is 5.58. The lowest BCUT2D eigenvalue weighted by Crippen LogP contribution is -2.38. The minimum atomic E-state index is 0.00969. The van der Waals surface area contributed by atoms with E-state index in [-0.39, 0.29) is 18.0 Å². The molecule has 0 aromatic heterocycles. The van der Waals surface area contributed by atoms with E-state index in [1.165, 1.54) is 29.5 Å². The van der Waals surface area contributed by atoms with Gasteiger partial charge in [0.2, 0.25) is 0 Å². The van der Waals surface area contributed by atoms with E-state index in [1.54, 1.807) is 0 Å². The van der Waals surface area contributed by atoms with Gasteiger partial charge in [-0.15, -0.1) is 0 Å². The van der Waals surface area contributed by atoms with Crippen LogP contribution in [-0.4, -0.2) is 36.4 Å². The maximum Gasteiger partial charge on any atom is 0.162 e. The van der Waals surface area contributed by atoms with Crippen molar-refractivity contribution in [1.82, 2.24) is 4.90 Å². The quantitative estimate of drug-likeness (QED) is 0.275. The van der Waals surface area contributed by atoms with Crippen LogP contribution in [-0.2, 0) is 4.74 Å². The summed E-state index contributed by atoms with van der Waals surface area (Å²) < 4.78 is 6.74. The Morgan fingerprint density at radius 1 is 1.03 bits per heavy atom. The van der Waals surface area contributed by atoms with Crippen LogP contribution in [0.1, 0.15) is 99.2 Å². The number of nitrogens with zero attached hydrogens (tertiary/aromatic N) is 1. The van der Waals surface area contributed by atoms with E-state index in [4.69, 9.17) is 4.74 Å². The maximum atomic E-state index is 12.7. The second-order valence-electron chi connectivity index (χ2n) is 11.1. The smallest absolute Gasteiger partial charge is 0.162 e. The van der Waals surface area contributed by atoms with Crippen molar-refractivity contribution in [3.8, 4) is 0 Å². The van der Waals surface area contributed by atoms with Crippen molar-refractivity contribution in [1.29, 1.82) is 0 Å². The molecule has 0 N–H and O–H groups in total. The van der Waals surface area contributed by atoms with Crippen molar-refractivity contribution in [2.24, 2.45) is 5.92 Å². The van der Waals surface area contributed by atoms with E-state index in [0.717, 1.165) is 50.9 Å². The molecule has 0 spiro atoms. The Morgan fingerprint density at radius 2 is 1.76 bits per heavy atom. The summed E-state index contributed by atoms with van der Waals surface area (Å²) >= 11 is 0. The molecular formula is C34H45NO2. The van der Waals surface area contributed by atoms with Crippen molar-refractivity contribution in [3.63, 3.8) is 0 Å². The van der Waals surface area contributed by atoms with Crippen LogP contribution in [0.3, 0.4) is 0 Å². The Kier molecular flexibility index (Phi) is 10.3. The summed E-state index contributed by atoms with van der Waals surface area (Å²) in [5, 5.41) is 0. The average molecular weight is 500 g/mol. The van der Waals surface area contributed by atoms with Crippen LogP contribution in [0, 0.1) is 5.92 Å². The predicted molar refractivity (Wildman–Crippen MR) is 154 cm³/mol. The van der Waals surface area contributed by atoms with Crippen LogP contribution in [0.2, 0.25) is 0 Å². The lowest BCUT2D eigenvalue weighted by molar-refractivity contribution is -0.0275. The van der Waals surface area contributed by atoms with Gasteiger partial charge in [0.15, 0.2) is 5.78 Å². The van der Waals surface area contributed by atoms with Gasteiger partial charge in [0.05, 0.1) is 6.10 Å². The highest BCUT2D eigenvalue weighted by Crippen LogP contribution is 2.33. The molecule has 1 heterocycles. The fraction of sp³-hybridized carbons (Fsp3) is 0.500. The van der Waals surface area contributed by atoms with Gasteiger partial charge in [-0.05, 0) is 67.2 Å². The summed E-state index contributed by atoms with van der Waals surface area (Å²) in [4.78, 5) is 15.2. The Hall–Kier alpha value is -2.49. The number of rotatable bonds is 12. The molecule has 198 valence electrons. The van der Waals surface area contributed by atoms with Gasteiger partial charge in [-0.2, -0.15) is 0 Å². The average Bonchev–Trinajstić information content (AvgIpc) is 2.94. The van der Waals surface area contributed by atoms with Gasteiger partial charge in [-0.25, -0.2) is 0 Å². The van der Waals surface area contributed by atoms with Crippen LogP contribution in [0.25, 0.3) is 0 Å². The highest BCUT2D eigenvalue weighted by Gasteiger charge is 2.26. The van der Waals surface area contributed by atoms with E-state index >= 15 is 0 Å². The molecule has 1 saturated heterocycles. The number of ketones is 1. The van der Waals surface area contributed by atoms with Gasteiger partial charge >= 0.3 is 0 Å². The molecule has 3 nitrogen and oxygen atoms in total. The summed E-state index contributed by atoms with van der Waals surface area (Å²) in [5.74, 6) is 1.43. The van der Waals surface area contributed by atoms with Gasteiger partial charge < -0.3 is 9.64 Å². The normalized spacial score (nSPS) is 20.4. The van der Waals surface area contributed by atoms with Crippen molar-refractivity contribution in [2.75, 3.05) is 19.6 Å². The zero-order chi connectivity index (χ0) is 26.0. The van der Waals surface area contributed by atoms with Gasteiger partial charge in [-0.3, -0.25) is 4.79 Å². The largest absolute Gasteiger partial charge is 0.365 e. The molecule has 1 aliphatic carbocycles. The first-order valence-corrected chi connectivity index (χ1v) is 14.5. The molecule has 4 rings (SSSR count).